The molecule has 1 atom stereocenters. The molecule has 1 aliphatic rings. The van der Waals surface area contributed by atoms with E-state index >= 15 is 0 Å². The minimum Gasteiger partial charge on any atom is -0.493 e. The van der Waals surface area contributed by atoms with Crippen molar-refractivity contribution in [3.63, 3.8) is 0 Å². The molecule has 0 radical (unpaired) electrons. The average Bonchev–Trinajstić information content (AvgIpc) is 2.74. The van der Waals surface area contributed by atoms with Gasteiger partial charge in [0.05, 0.1) is 23.2 Å². The molecule has 3 nitrogen and oxygen atoms in total. The zero-order valence-corrected chi connectivity index (χ0v) is 17.1. The summed E-state index contributed by atoms with van der Waals surface area (Å²) >= 11 is 12.8. The summed E-state index contributed by atoms with van der Waals surface area (Å²) in [7, 11) is 1.67. The van der Waals surface area contributed by atoms with Crippen LogP contribution in [0, 0.1) is 0 Å². The molecule has 3 aromatic carbocycles. The van der Waals surface area contributed by atoms with Crippen LogP contribution in [0.1, 0.15) is 28.3 Å². The minimum atomic E-state index is -0.0417. The lowest BCUT2D eigenvalue weighted by Gasteiger charge is -2.29. The van der Waals surface area contributed by atoms with Crippen LogP contribution in [0.2, 0.25) is 10.0 Å². The fourth-order valence-electron chi connectivity index (χ4n) is 3.59. The third-order valence-corrected chi connectivity index (χ3v) is 5.84. The summed E-state index contributed by atoms with van der Waals surface area (Å²) in [6.45, 7) is 1.33. The monoisotopic (exact) mass is 413 g/mol. The van der Waals surface area contributed by atoms with Gasteiger partial charge >= 0.3 is 0 Å². The van der Waals surface area contributed by atoms with E-state index in [2.05, 4.69) is 17.4 Å². The number of halogens is 2. The first-order valence-corrected chi connectivity index (χ1v) is 9.98. The first-order chi connectivity index (χ1) is 13.7. The van der Waals surface area contributed by atoms with Gasteiger partial charge < -0.3 is 14.8 Å². The second-order valence-corrected chi connectivity index (χ2v) is 7.54. The van der Waals surface area contributed by atoms with Gasteiger partial charge in [0.2, 0.25) is 0 Å². The number of benzene rings is 3. The topological polar surface area (TPSA) is 30.5 Å². The summed E-state index contributed by atoms with van der Waals surface area (Å²) in [6, 6.07) is 19.9. The van der Waals surface area contributed by atoms with Crippen molar-refractivity contribution in [1.82, 2.24) is 5.32 Å². The number of rotatable bonds is 5. The van der Waals surface area contributed by atoms with Gasteiger partial charge in [0.1, 0.15) is 6.61 Å². The van der Waals surface area contributed by atoms with Gasteiger partial charge in [-0.3, -0.25) is 0 Å². The fraction of sp³-hybridized carbons (Fsp3) is 0.217. The molecule has 1 aliphatic heterocycles. The van der Waals surface area contributed by atoms with E-state index < -0.39 is 0 Å². The van der Waals surface area contributed by atoms with Gasteiger partial charge in [-0.15, -0.1) is 0 Å². The van der Waals surface area contributed by atoms with E-state index in [1.165, 1.54) is 5.56 Å². The Labute approximate surface area is 175 Å². The maximum atomic E-state index is 6.50. The number of methoxy groups -OCH3 is 1. The Bertz CT molecular complexity index is 976. The van der Waals surface area contributed by atoms with Crippen molar-refractivity contribution in [2.75, 3.05) is 13.7 Å². The third kappa shape index (κ3) is 3.83. The highest BCUT2D eigenvalue weighted by Gasteiger charge is 2.26. The quantitative estimate of drug-likeness (QED) is 0.571. The minimum absolute atomic E-state index is 0.0417. The lowest BCUT2D eigenvalue weighted by Crippen LogP contribution is -2.31. The Morgan fingerprint density at radius 1 is 0.964 bits per heavy atom. The standard InChI is InChI=1S/C23H21Cl2NO2/c1-27-20-12-16-10-11-26-23(17-8-5-9-19(24)22(17)25)18(16)13-21(20)28-14-15-6-3-2-4-7-15/h2-9,12-13,23,26H,10-11,14H2,1H3. The molecule has 0 aromatic heterocycles. The van der Waals surface area contributed by atoms with E-state index in [1.54, 1.807) is 13.2 Å². The van der Waals surface area contributed by atoms with Crippen molar-refractivity contribution in [2.45, 2.75) is 19.1 Å². The predicted molar refractivity (Wildman–Crippen MR) is 114 cm³/mol. The number of hydrogen-bond acceptors (Lipinski definition) is 3. The van der Waals surface area contributed by atoms with Gasteiger partial charge in [-0.2, -0.15) is 0 Å². The van der Waals surface area contributed by atoms with Gasteiger partial charge in [-0.25, -0.2) is 0 Å². The molecule has 0 spiro atoms. The van der Waals surface area contributed by atoms with Crippen LogP contribution in [0.15, 0.2) is 60.7 Å². The Kier molecular flexibility index (Phi) is 5.77. The van der Waals surface area contributed by atoms with Crippen LogP contribution in [-0.2, 0) is 13.0 Å². The van der Waals surface area contributed by atoms with Gasteiger partial charge in [0, 0.05) is 6.54 Å². The molecule has 0 aliphatic carbocycles. The molecule has 1 heterocycles. The maximum Gasteiger partial charge on any atom is 0.162 e. The maximum absolute atomic E-state index is 6.50. The molecule has 28 heavy (non-hydrogen) atoms. The third-order valence-electron chi connectivity index (χ3n) is 5.01. The molecule has 1 N–H and O–H groups in total. The second kappa shape index (κ2) is 8.44. The Balaban J connectivity index is 1.71. The summed E-state index contributed by atoms with van der Waals surface area (Å²) < 4.78 is 11.7. The molecule has 0 saturated carbocycles. The summed E-state index contributed by atoms with van der Waals surface area (Å²) in [6.07, 6.45) is 0.916. The van der Waals surface area contributed by atoms with Crippen LogP contribution in [0.25, 0.3) is 0 Å². The molecule has 0 saturated heterocycles. The van der Waals surface area contributed by atoms with Crippen LogP contribution in [0.5, 0.6) is 11.5 Å². The number of ether oxygens (including phenoxy) is 2. The lowest BCUT2D eigenvalue weighted by atomic mass is 9.89. The van der Waals surface area contributed by atoms with Crippen LogP contribution in [-0.4, -0.2) is 13.7 Å². The van der Waals surface area contributed by atoms with Gasteiger partial charge in [0.15, 0.2) is 11.5 Å². The molecule has 144 valence electrons. The predicted octanol–water partition coefficient (Wildman–Crippen LogP) is 5.82. The van der Waals surface area contributed by atoms with E-state index in [0.29, 0.717) is 16.7 Å². The van der Waals surface area contributed by atoms with E-state index in [9.17, 15) is 0 Å². The summed E-state index contributed by atoms with van der Waals surface area (Å²) in [5, 5.41) is 4.70. The smallest absolute Gasteiger partial charge is 0.162 e. The van der Waals surface area contributed by atoms with Gasteiger partial charge in [0.25, 0.3) is 0 Å². The number of hydrogen-bond donors (Lipinski definition) is 1. The van der Waals surface area contributed by atoms with Gasteiger partial charge in [-0.1, -0.05) is 65.7 Å². The highest BCUT2D eigenvalue weighted by atomic mass is 35.5. The molecule has 5 heteroatoms. The van der Waals surface area contributed by atoms with Crippen molar-refractivity contribution < 1.29 is 9.47 Å². The second-order valence-electron chi connectivity index (χ2n) is 6.76. The molecule has 0 fully saturated rings. The van der Waals surface area contributed by atoms with Crippen molar-refractivity contribution in [1.29, 1.82) is 0 Å². The summed E-state index contributed by atoms with van der Waals surface area (Å²) in [5.41, 5.74) is 4.44. The van der Waals surface area contributed by atoms with Crippen LogP contribution in [0.4, 0.5) is 0 Å². The van der Waals surface area contributed by atoms with E-state index in [1.807, 2.05) is 42.5 Å². The van der Waals surface area contributed by atoms with Crippen LogP contribution >= 0.6 is 23.2 Å². The lowest BCUT2D eigenvalue weighted by molar-refractivity contribution is 0.283. The van der Waals surface area contributed by atoms with Crippen molar-refractivity contribution in [2.24, 2.45) is 0 Å². The Morgan fingerprint density at radius 3 is 2.57 bits per heavy atom. The summed E-state index contributed by atoms with van der Waals surface area (Å²) in [5.74, 6) is 1.46. The zero-order chi connectivity index (χ0) is 19.5. The largest absolute Gasteiger partial charge is 0.493 e. The highest BCUT2D eigenvalue weighted by molar-refractivity contribution is 6.42. The van der Waals surface area contributed by atoms with Crippen LogP contribution in [0.3, 0.4) is 0 Å². The molecule has 1 unspecified atom stereocenters. The zero-order valence-electron chi connectivity index (χ0n) is 15.5. The van der Waals surface area contributed by atoms with Crippen molar-refractivity contribution in [3.05, 3.63) is 93.0 Å². The van der Waals surface area contributed by atoms with Crippen molar-refractivity contribution >= 4 is 23.2 Å². The molecular weight excluding hydrogens is 393 g/mol. The Hall–Kier alpha value is -2.20. The van der Waals surface area contributed by atoms with Crippen LogP contribution < -0.4 is 14.8 Å². The molecule has 0 amide bonds. The SMILES string of the molecule is COc1cc2c(cc1OCc1ccccc1)C(c1cccc(Cl)c1Cl)NCC2. The van der Waals surface area contributed by atoms with E-state index in [0.717, 1.165) is 41.2 Å². The normalized spacial score (nSPS) is 15.8. The average molecular weight is 414 g/mol. The highest BCUT2D eigenvalue weighted by Crippen LogP contribution is 2.40. The van der Waals surface area contributed by atoms with E-state index in [4.69, 9.17) is 32.7 Å². The molecule has 3 aromatic rings. The first-order valence-electron chi connectivity index (χ1n) is 9.22. The molecular formula is C23H21Cl2NO2. The Morgan fingerprint density at radius 2 is 1.79 bits per heavy atom. The first kappa shape index (κ1) is 19.1. The van der Waals surface area contributed by atoms with Gasteiger partial charge in [-0.05, 0) is 46.9 Å². The fourth-order valence-corrected chi connectivity index (χ4v) is 4.01. The van der Waals surface area contributed by atoms with Crippen molar-refractivity contribution in [3.8, 4) is 11.5 Å². The molecule has 4 rings (SSSR count). The van der Waals surface area contributed by atoms with E-state index in [-0.39, 0.29) is 6.04 Å². The number of nitrogens with one attached hydrogen (secondary N) is 1. The number of fused-ring (bicyclic) bond motifs is 1. The molecule has 0 bridgehead atoms. The summed E-state index contributed by atoms with van der Waals surface area (Å²) in [4.78, 5) is 0.